The molecule has 2 aromatic carbocycles. The lowest BCUT2D eigenvalue weighted by Gasteiger charge is -2.09. The molecule has 0 saturated heterocycles. The van der Waals surface area contributed by atoms with Gasteiger partial charge in [-0.3, -0.25) is 4.79 Å². The van der Waals surface area contributed by atoms with Crippen LogP contribution in [0.4, 0.5) is 16.2 Å². The summed E-state index contributed by atoms with van der Waals surface area (Å²) in [6.45, 7) is 0.570. The Hall–Kier alpha value is -2.82. The Balaban J connectivity index is 1.50. The van der Waals surface area contributed by atoms with E-state index >= 15 is 0 Å². The zero-order valence-electron chi connectivity index (χ0n) is 12.1. The molecule has 1 heterocycles. The summed E-state index contributed by atoms with van der Waals surface area (Å²) in [6, 6.07) is 15.2. The zero-order valence-corrected chi connectivity index (χ0v) is 12.1. The number of anilines is 2. The third-order valence-corrected chi connectivity index (χ3v) is 3.53. The molecular weight excluding hydrogens is 278 g/mol. The lowest BCUT2D eigenvalue weighted by molar-refractivity contribution is -0.115. The maximum atomic E-state index is 11.9. The summed E-state index contributed by atoms with van der Waals surface area (Å²) in [6.07, 6.45) is 1.15. The van der Waals surface area contributed by atoms with Crippen molar-refractivity contribution in [2.75, 3.05) is 17.2 Å². The van der Waals surface area contributed by atoms with Crippen LogP contribution in [0.2, 0.25) is 0 Å². The van der Waals surface area contributed by atoms with Gasteiger partial charge in [-0.2, -0.15) is 0 Å². The van der Waals surface area contributed by atoms with Gasteiger partial charge in [0.05, 0.1) is 6.42 Å². The second kappa shape index (κ2) is 6.30. The minimum Gasteiger partial charge on any atom is -0.338 e. The van der Waals surface area contributed by atoms with E-state index in [-0.39, 0.29) is 11.9 Å². The molecule has 0 aliphatic carbocycles. The maximum Gasteiger partial charge on any atom is 0.319 e. The highest BCUT2D eigenvalue weighted by molar-refractivity contribution is 6.00. The van der Waals surface area contributed by atoms with Crippen LogP contribution >= 0.6 is 0 Å². The molecule has 5 nitrogen and oxygen atoms in total. The van der Waals surface area contributed by atoms with Crippen molar-refractivity contribution in [1.82, 2.24) is 5.32 Å². The van der Waals surface area contributed by atoms with Crippen LogP contribution in [0.15, 0.2) is 48.5 Å². The van der Waals surface area contributed by atoms with Gasteiger partial charge in [0.15, 0.2) is 0 Å². The van der Waals surface area contributed by atoms with E-state index in [2.05, 4.69) is 16.0 Å². The molecular formula is C17H17N3O2. The van der Waals surface area contributed by atoms with Crippen LogP contribution in [0.5, 0.6) is 0 Å². The van der Waals surface area contributed by atoms with E-state index in [0.29, 0.717) is 18.7 Å². The first kappa shape index (κ1) is 14.1. The number of hydrogen-bond donors (Lipinski definition) is 3. The molecule has 3 N–H and O–H groups in total. The Morgan fingerprint density at radius 1 is 1.14 bits per heavy atom. The molecule has 1 aliphatic rings. The quantitative estimate of drug-likeness (QED) is 0.811. The summed E-state index contributed by atoms with van der Waals surface area (Å²) in [5, 5.41) is 8.37. The molecule has 0 fully saturated rings. The second-order valence-electron chi connectivity index (χ2n) is 5.21. The van der Waals surface area contributed by atoms with E-state index in [4.69, 9.17) is 0 Å². The fourth-order valence-electron chi connectivity index (χ4n) is 2.45. The average Bonchev–Trinajstić information content (AvgIpc) is 2.87. The van der Waals surface area contributed by atoms with E-state index in [9.17, 15) is 9.59 Å². The standard InChI is InChI=1S/C17H17N3O2/c21-16-11-13-10-14(6-7-15(13)20-16)19-17(22)18-9-8-12-4-2-1-3-5-12/h1-7,10H,8-9,11H2,(H,20,21)(H2,18,19,22). The monoisotopic (exact) mass is 295 g/mol. The third-order valence-electron chi connectivity index (χ3n) is 3.53. The van der Waals surface area contributed by atoms with E-state index in [1.807, 2.05) is 36.4 Å². The van der Waals surface area contributed by atoms with Crippen molar-refractivity contribution in [3.8, 4) is 0 Å². The molecule has 0 bridgehead atoms. The predicted octanol–water partition coefficient (Wildman–Crippen LogP) is 2.55. The van der Waals surface area contributed by atoms with Crippen LogP contribution in [-0.2, 0) is 17.6 Å². The van der Waals surface area contributed by atoms with Crippen molar-refractivity contribution in [2.24, 2.45) is 0 Å². The zero-order chi connectivity index (χ0) is 15.4. The number of benzene rings is 2. The lowest BCUT2D eigenvalue weighted by Crippen LogP contribution is -2.30. The highest BCUT2D eigenvalue weighted by Gasteiger charge is 2.17. The molecule has 0 radical (unpaired) electrons. The number of amides is 3. The first-order valence-corrected chi connectivity index (χ1v) is 7.22. The van der Waals surface area contributed by atoms with Crippen LogP contribution in [0.3, 0.4) is 0 Å². The summed E-state index contributed by atoms with van der Waals surface area (Å²) in [7, 11) is 0. The molecule has 112 valence electrons. The van der Waals surface area contributed by atoms with Gasteiger partial charge in [-0.25, -0.2) is 4.79 Å². The molecule has 22 heavy (non-hydrogen) atoms. The topological polar surface area (TPSA) is 70.2 Å². The van der Waals surface area contributed by atoms with E-state index in [0.717, 1.165) is 17.7 Å². The summed E-state index contributed by atoms with van der Waals surface area (Å²) < 4.78 is 0. The van der Waals surface area contributed by atoms with Crippen LogP contribution in [0.1, 0.15) is 11.1 Å². The van der Waals surface area contributed by atoms with Crippen molar-refractivity contribution in [1.29, 1.82) is 0 Å². The third kappa shape index (κ3) is 3.44. The van der Waals surface area contributed by atoms with Gasteiger partial charge < -0.3 is 16.0 Å². The number of carbonyl (C=O) groups is 2. The van der Waals surface area contributed by atoms with Gasteiger partial charge in [-0.05, 0) is 35.7 Å². The van der Waals surface area contributed by atoms with Crippen LogP contribution in [-0.4, -0.2) is 18.5 Å². The maximum absolute atomic E-state index is 11.9. The number of rotatable bonds is 4. The molecule has 0 saturated carbocycles. The Morgan fingerprint density at radius 2 is 1.95 bits per heavy atom. The smallest absolute Gasteiger partial charge is 0.319 e. The molecule has 3 amide bonds. The first-order valence-electron chi connectivity index (χ1n) is 7.22. The van der Waals surface area contributed by atoms with Gasteiger partial charge in [0.25, 0.3) is 0 Å². The highest BCUT2D eigenvalue weighted by Crippen LogP contribution is 2.25. The molecule has 1 aliphatic heterocycles. The fraction of sp³-hybridized carbons (Fsp3) is 0.176. The minimum atomic E-state index is -0.242. The molecule has 2 aromatic rings. The van der Waals surface area contributed by atoms with Gasteiger partial charge >= 0.3 is 6.03 Å². The Bertz CT molecular complexity index is 698. The fourth-order valence-corrected chi connectivity index (χ4v) is 2.45. The largest absolute Gasteiger partial charge is 0.338 e. The summed E-state index contributed by atoms with van der Waals surface area (Å²) in [5.41, 5.74) is 3.60. The molecule has 0 atom stereocenters. The Labute approximate surface area is 128 Å². The van der Waals surface area contributed by atoms with Gasteiger partial charge in [0, 0.05) is 17.9 Å². The number of nitrogens with one attached hydrogen (secondary N) is 3. The van der Waals surface area contributed by atoms with Gasteiger partial charge in [0.2, 0.25) is 5.91 Å². The summed E-state index contributed by atoms with van der Waals surface area (Å²) in [5.74, 6) is -0.0144. The second-order valence-corrected chi connectivity index (χ2v) is 5.21. The van der Waals surface area contributed by atoms with Crippen molar-refractivity contribution in [2.45, 2.75) is 12.8 Å². The average molecular weight is 295 g/mol. The molecule has 5 heteroatoms. The molecule has 0 unspecified atom stereocenters. The van der Waals surface area contributed by atoms with Crippen LogP contribution in [0, 0.1) is 0 Å². The van der Waals surface area contributed by atoms with Crippen molar-refractivity contribution >= 4 is 23.3 Å². The minimum absolute atomic E-state index is 0.0144. The van der Waals surface area contributed by atoms with Gasteiger partial charge in [-0.15, -0.1) is 0 Å². The van der Waals surface area contributed by atoms with E-state index in [1.54, 1.807) is 12.1 Å². The first-order chi connectivity index (χ1) is 10.7. The SMILES string of the molecule is O=C1Cc2cc(NC(=O)NCCc3ccccc3)ccc2N1. The molecule has 3 rings (SSSR count). The van der Waals surface area contributed by atoms with Crippen LogP contribution < -0.4 is 16.0 Å². The van der Waals surface area contributed by atoms with Gasteiger partial charge in [0.1, 0.15) is 0 Å². The molecule has 0 aromatic heterocycles. The van der Waals surface area contributed by atoms with E-state index < -0.39 is 0 Å². The number of fused-ring (bicyclic) bond motifs is 1. The van der Waals surface area contributed by atoms with Crippen molar-refractivity contribution < 1.29 is 9.59 Å². The Morgan fingerprint density at radius 3 is 2.77 bits per heavy atom. The number of urea groups is 1. The molecule has 0 spiro atoms. The number of hydrogen-bond acceptors (Lipinski definition) is 2. The van der Waals surface area contributed by atoms with Gasteiger partial charge in [-0.1, -0.05) is 30.3 Å². The lowest BCUT2D eigenvalue weighted by atomic mass is 10.1. The Kier molecular flexibility index (Phi) is 4.05. The van der Waals surface area contributed by atoms with Crippen molar-refractivity contribution in [3.05, 3.63) is 59.7 Å². The van der Waals surface area contributed by atoms with Crippen LogP contribution in [0.25, 0.3) is 0 Å². The normalized spacial score (nSPS) is 12.5. The highest BCUT2D eigenvalue weighted by atomic mass is 16.2. The summed E-state index contributed by atoms with van der Waals surface area (Å²) in [4.78, 5) is 23.2. The number of carbonyl (C=O) groups excluding carboxylic acids is 2. The van der Waals surface area contributed by atoms with Crippen molar-refractivity contribution in [3.63, 3.8) is 0 Å². The predicted molar refractivity (Wildman–Crippen MR) is 85.9 cm³/mol. The van der Waals surface area contributed by atoms with E-state index in [1.165, 1.54) is 5.56 Å². The summed E-state index contributed by atoms with van der Waals surface area (Å²) >= 11 is 0.